The molecule has 21 heavy (non-hydrogen) atoms. The minimum absolute atomic E-state index is 0.0229. The summed E-state index contributed by atoms with van der Waals surface area (Å²) >= 11 is 0. The zero-order valence-electron chi connectivity index (χ0n) is 13.5. The SMILES string of the molecule is Cc1cccc(C2NC(C)C(=O)N2C2CCCC2(C)C)c1. The lowest BCUT2D eigenvalue weighted by atomic mass is 9.86. The number of nitrogens with zero attached hydrogens (tertiary/aromatic N) is 1. The molecule has 2 fully saturated rings. The van der Waals surface area contributed by atoms with Crippen molar-refractivity contribution in [2.75, 3.05) is 0 Å². The fraction of sp³-hybridized carbons (Fsp3) is 0.611. The molecule has 0 radical (unpaired) electrons. The Hall–Kier alpha value is -1.35. The molecule has 1 aromatic rings. The van der Waals surface area contributed by atoms with E-state index in [-0.39, 0.29) is 23.5 Å². The molecular formula is C18H26N2O. The van der Waals surface area contributed by atoms with Crippen molar-refractivity contribution >= 4 is 5.91 Å². The molecule has 1 saturated carbocycles. The summed E-state index contributed by atoms with van der Waals surface area (Å²) in [6.07, 6.45) is 3.57. The van der Waals surface area contributed by atoms with Crippen LogP contribution >= 0.6 is 0 Å². The lowest BCUT2D eigenvalue weighted by Crippen LogP contribution is -2.45. The van der Waals surface area contributed by atoms with Crippen LogP contribution in [-0.4, -0.2) is 22.9 Å². The Morgan fingerprint density at radius 3 is 2.71 bits per heavy atom. The fourth-order valence-corrected chi connectivity index (χ4v) is 3.99. The molecule has 3 atom stereocenters. The second kappa shape index (κ2) is 5.13. The van der Waals surface area contributed by atoms with Crippen molar-refractivity contribution in [1.82, 2.24) is 10.2 Å². The highest BCUT2D eigenvalue weighted by Gasteiger charge is 2.48. The summed E-state index contributed by atoms with van der Waals surface area (Å²) in [7, 11) is 0. The number of amides is 1. The molecule has 2 aliphatic rings. The highest BCUT2D eigenvalue weighted by atomic mass is 16.2. The maximum atomic E-state index is 12.7. The number of carbonyl (C=O) groups is 1. The van der Waals surface area contributed by atoms with Gasteiger partial charge in [-0.25, -0.2) is 0 Å². The largest absolute Gasteiger partial charge is 0.318 e. The predicted octanol–water partition coefficient (Wildman–Crippen LogP) is 3.39. The van der Waals surface area contributed by atoms with Crippen LogP contribution < -0.4 is 5.32 Å². The van der Waals surface area contributed by atoms with Crippen LogP contribution in [0, 0.1) is 12.3 Å². The normalized spacial score (nSPS) is 31.9. The van der Waals surface area contributed by atoms with Crippen LogP contribution in [0.4, 0.5) is 0 Å². The molecule has 1 heterocycles. The topological polar surface area (TPSA) is 32.3 Å². The second-order valence-corrected chi connectivity index (χ2v) is 7.35. The van der Waals surface area contributed by atoms with Crippen LogP contribution in [0.3, 0.4) is 0 Å². The molecule has 1 amide bonds. The van der Waals surface area contributed by atoms with Crippen molar-refractivity contribution in [2.24, 2.45) is 5.41 Å². The van der Waals surface area contributed by atoms with Crippen LogP contribution in [0.15, 0.2) is 24.3 Å². The summed E-state index contributed by atoms with van der Waals surface area (Å²) < 4.78 is 0. The third-order valence-electron chi connectivity index (χ3n) is 5.21. The van der Waals surface area contributed by atoms with Crippen molar-refractivity contribution in [1.29, 1.82) is 0 Å². The summed E-state index contributed by atoms with van der Waals surface area (Å²) in [5.74, 6) is 0.251. The van der Waals surface area contributed by atoms with Gasteiger partial charge in [-0.3, -0.25) is 10.1 Å². The van der Waals surface area contributed by atoms with Crippen molar-refractivity contribution in [3.8, 4) is 0 Å². The lowest BCUT2D eigenvalue weighted by Gasteiger charge is -2.38. The fourth-order valence-electron chi connectivity index (χ4n) is 3.99. The van der Waals surface area contributed by atoms with E-state index in [9.17, 15) is 4.79 Å². The average Bonchev–Trinajstić information content (AvgIpc) is 2.90. The van der Waals surface area contributed by atoms with Gasteiger partial charge in [0.2, 0.25) is 5.91 Å². The minimum Gasteiger partial charge on any atom is -0.318 e. The number of carbonyl (C=O) groups excluding carboxylic acids is 1. The number of hydrogen-bond acceptors (Lipinski definition) is 2. The summed E-state index contributed by atoms with van der Waals surface area (Å²) in [5, 5.41) is 3.49. The first-order valence-electron chi connectivity index (χ1n) is 8.05. The number of hydrogen-bond donors (Lipinski definition) is 1. The quantitative estimate of drug-likeness (QED) is 0.904. The van der Waals surface area contributed by atoms with E-state index in [1.165, 1.54) is 24.0 Å². The molecule has 1 saturated heterocycles. The Kier molecular flexibility index (Phi) is 3.56. The van der Waals surface area contributed by atoms with Crippen LogP contribution in [0.1, 0.15) is 57.3 Å². The lowest BCUT2D eigenvalue weighted by molar-refractivity contribution is -0.134. The number of nitrogens with one attached hydrogen (secondary N) is 1. The van der Waals surface area contributed by atoms with Crippen molar-refractivity contribution < 1.29 is 4.79 Å². The van der Waals surface area contributed by atoms with Crippen LogP contribution in [0.5, 0.6) is 0 Å². The van der Waals surface area contributed by atoms with Gasteiger partial charge in [0.1, 0.15) is 6.17 Å². The van der Waals surface area contributed by atoms with E-state index in [1.807, 2.05) is 6.92 Å². The zero-order valence-corrected chi connectivity index (χ0v) is 13.5. The smallest absolute Gasteiger partial charge is 0.241 e. The average molecular weight is 286 g/mol. The van der Waals surface area contributed by atoms with E-state index in [1.54, 1.807) is 0 Å². The third kappa shape index (κ3) is 2.48. The van der Waals surface area contributed by atoms with E-state index in [4.69, 9.17) is 0 Å². The maximum Gasteiger partial charge on any atom is 0.241 e. The Labute approximate surface area is 127 Å². The summed E-state index contributed by atoms with van der Waals surface area (Å²) in [4.78, 5) is 14.8. The van der Waals surface area contributed by atoms with Gasteiger partial charge >= 0.3 is 0 Å². The molecule has 1 aliphatic carbocycles. The molecule has 1 aromatic carbocycles. The van der Waals surface area contributed by atoms with Crippen LogP contribution in [-0.2, 0) is 4.79 Å². The molecule has 1 N–H and O–H groups in total. The summed E-state index contributed by atoms with van der Waals surface area (Å²) in [6.45, 7) is 8.68. The molecule has 3 rings (SSSR count). The van der Waals surface area contributed by atoms with Crippen molar-refractivity contribution in [2.45, 2.75) is 65.2 Å². The summed E-state index contributed by atoms with van der Waals surface area (Å²) in [5.41, 5.74) is 2.66. The highest BCUT2D eigenvalue weighted by molar-refractivity contribution is 5.84. The van der Waals surface area contributed by atoms with E-state index >= 15 is 0 Å². The molecule has 0 bridgehead atoms. The molecule has 0 spiro atoms. The third-order valence-corrected chi connectivity index (χ3v) is 5.21. The predicted molar refractivity (Wildman–Crippen MR) is 84.8 cm³/mol. The first-order chi connectivity index (χ1) is 9.90. The van der Waals surface area contributed by atoms with E-state index in [0.29, 0.717) is 6.04 Å². The first-order valence-corrected chi connectivity index (χ1v) is 8.05. The van der Waals surface area contributed by atoms with Gasteiger partial charge in [-0.1, -0.05) is 50.1 Å². The van der Waals surface area contributed by atoms with Gasteiger partial charge in [0.25, 0.3) is 0 Å². The van der Waals surface area contributed by atoms with Gasteiger partial charge < -0.3 is 4.90 Å². The van der Waals surface area contributed by atoms with Crippen LogP contribution in [0.2, 0.25) is 0 Å². The second-order valence-electron chi connectivity index (χ2n) is 7.35. The van der Waals surface area contributed by atoms with E-state index in [2.05, 4.69) is 55.3 Å². The Bertz CT molecular complexity index is 552. The van der Waals surface area contributed by atoms with Gasteiger partial charge in [0.15, 0.2) is 0 Å². The van der Waals surface area contributed by atoms with Crippen molar-refractivity contribution in [3.63, 3.8) is 0 Å². The standard InChI is InChI=1S/C18H26N2O/c1-12-7-5-8-14(11-12)16-19-13(2)17(21)20(16)15-9-6-10-18(15,3)4/h5,7-8,11,13,15-16,19H,6,9-10H2,1-4H3. The van der Waals surface area contributed by atoms with Gasteiger partial charge in [0, 0.05) is 6.04 Å². The molecular weight excluding hydrogens is 260 g/mol. The van der Waals surface area contributed by atoms with E-state index < -0.39 is 0 Å². The van der Waals surface area contributed by atoms with Gasteiger partial charge in [-0.2, -0.15) is 0 Å². The van der Waals surface area contributed by atoms with Gasteiger partial charge in [-0.05, 0) is 37.7 Å². The zero-order chi connectivity index (χ0) is 15.2. The summed E-state index contributed by atoms with van der Waals surface area (Å²) in [6, 6.07) is 8.76. The molecule has 114 valence electrons. The first kappa shape index (κ1) is 14.6. The van der Waals surface area contributed by atoms with E-state index in [0.717, 1.165) is 6.42 Å². The monoisotopic (exact) mass is 286 g/mol. The maximum absolute atomic E-state index is 12.7. The molecule has 0 aromatic heterocycles. The Balaban J connectivity index is 1.97. The Morgan fingerprint density at radius 2 is 2.10 bits per heavy atom. The number of aryl methyl sites for hydroxylation is 1. The molecule has 1 aliphatic heterocycles. The molecule has 3 nitrogen and oxygen atoms in total. The van der Waals surface area contributed by atoms with Gasteiger partial charge in [0.05, 0.1) is 6.04 Å². The van der Waals surface area contributed by atoms with Crippen LogP contribution in [0.25, 0.3) is 0 Å². The number of benzene rings is 1. The Morgan fingerprint density at radius 1 is 1.33 bits per heavy atom. The highest BCUT2D eigenvalue weighted by Crippen LogP contribution is 2.44. The van der Waals surface area contributed by atoms with Crippen molar-refractivity contribution in [3.05, 3.63) is 35.4 Å². The minimum atomic E-state index is -0.0908. The number of rotatable bonds is 2. The molecule has 3 heteroatoms. The molecule has 3 unspecified atom stereocenters. The van der Waals surface area contributed by atoms with Gasteiger partial charge in [-0.15, -0.1) is 0 Å².